The highest BCUT2D eigenvalue weighted by Crippen LogP contribution is 2.16. The van der Waals surface area contributed by atoms with E-state index < -0.39 is 5.60 Å². The van der Waals surface area contributed by atoms with Crippen LogP contribution >= 0.6 is 0 Å². The van der Waals surface area contributed by atoms with Crippen molar-refractivity contribution >= 4 is 6.09 Å². The number of methoxy groups -OCH3 is 1. The van der Waals surface area contributed by atoms with Crippen LogP contribution in [0, 0.1) is 0 Å². The van der Waals surface area contributed by atoms with E-state index in [0.29, 0.717) is 13.1 Å². The van der Waals surface area contributed by atoms with Gasteiger partial charge in [-0.1, -0.05) is 0 Å². The zero-order valence-corrected chi connectivity index (χ0v) is 10.5. The third-order valence-electron chi connectivity index (χ3n) is 2.43. The Morgan fingerprint density at radius 1 is 1.38 bits per heavy atom. The van der Waals surface area contributed by atoms with Crippen molar-refractivity contribution in [2.45, 2.75) is 44.9 Å². The summed E-state index contributed by atoms with van der Waals surface area (Å²) in [5.41, 5.74) is 5.39. The Morgan fingerprint density at radius 3 is 2.50 bits per heavy atom. The number of hydrogen-bond donors (Lipinski definition) is 1. The van der Waals surface area contributed by atoms with Crippen molar-refractivity contribution in [3.63, 3.8) is 0 Å². The number of amides is 1. The number of hydrogen-bond acceptors (Lipinski definition) is 4. The summed E-state index contributed by atoms with van der Waals surface area (Å²) in [4.78, 5) is 13.4. The first-order chi connectivity index (χ1) is 7.31. The van der Waals surface area contributed by atoms with Crippen molar-refractivity contribution in [3.8, 4) is 0 Å². The number of ether oxygens (including phenoxy) is 2. The minimum absolute atomic E-state index is 0.0104. The molecular weight excluding hydrogens is 208 g/mol. The van der Waals surface area contributed by atoms with E-state index >= 15 is 0 Å². The number of carbonyl (C=O) groups excluding carboxylic acids is 1. The molecule has 0 bridgehead atoms. The second kappa shape index (κ2) is 5.01. The fraction of sp³-hybridized carbons (Fsp3) is 0.909. The maximum absolute atomic E-state index is 11.8. The Kier molecular flexibility index (Phi) is 4.15. The van der Waals surface area contributed by atoms with Crippen LogP contribution in [0.4, 0.5) is 4.79 Å². The van der Waals surface area contributed by atoms with E-state index in [2.05, 4.69) is 0 Å². The Morgan fingerprint density at radius 2 is 2.00 bits per heavy atom. The first-order valence-corrected chi connectivity index (χ1v) is 5.58. The van der Waals surface area contributed by atoms with E-state index in [1.807, 2.05) is 20.8 Å². The Hall–Kier alpha value is -0.810. The predicted octanol–water partition coefficient (Wildman–Crippen LogP) is 0.969. The van der Waals surface area contributed by atoms with E-state index in [1.165, 1.54) is 0 Å². The predicted molar refractivity (Wildman–Crippen MR) is 61.2 cm³/mol. The first-order valence-electron chi connectivity index (χ1n) is 5.58. The molecule has 0 radical (unpaired) electrons. The van der Waals surface area contributed by atoms with Crippen LogP contribution in [-0.4, -0.2) is 48.9 Å². The van der Waals surface area contributed by atoms with Crippen LogP contribution in [0.3, 0.4) is 0 Å². The van der Waals surface area contributed by atoms with Crippen LogP contribution < -0.4 is 5.73 Å². The molecule has 5 nitrogen and oxygen atoms in total. The molecular formula is C11H22N2O3. The van der Waals surface area contributed by atoms with Gasteiger partial charge >= 0.3 is 6.09 Å². The molecule has 1 aliphatic rings. The Balaban J connectivity index is 2.55. The van der Waals surface area contributed by atoms with Crippen molar-refractivity contribution < 1.29 is 14.3 Å². The molecule has 0 unspecified atom stereocenters. The van der Waals surface area contributed by atoms with Gasteiger partial charge in [-0.2, -0.15) is 0 Å². The summed E-state index contributed by atoms with van der Waals surface area (Å²) in [5.74, 6) is 0. The van der Waals surface area contributed by atoms with Crippen molar-refractivity contribution in [2.75, 3.05) is 20.2 Å². The molecule has 5 heteroatoms. The van der Waals surface area contributed by atoms with Crippen molar-refractivity contribution in [3.05, 3.63) is 0 Å². The molecule has 16 heavy (non-hydrogen) atoms. The quantitative estimate of drug-likeness (QED) is 0.729. The average molecular weight is 230 g/mol. The zero-order valence-electron chi connectivity index (χ0n) is 10.5. The lowest BCUT2D eigenvalue weighted by molar-refractivity contribution is -0.0103. The van der Waals surface area contributed by atoms with Gasteiger partial charge in [0.1, 0.15) is 5.60 Å². The molecule has 0 aromatic heterocycles. The second-order valence-electron chi connectivity index (χ2n) is 5.24. The minimum Gasteiger partial charge on any atom is -0.444 e. The van der Waals surface area contributed by atoms with Gasteiger partial charge in [-0.15, -0.1) is 0 Å². The van der Waals surface area contributed by atoms with Gasteiger partial charge in [0.25, 0.3) is 0 Å². The smallest absolute Gasteiger partial charge is 0.410 e. The van der Waals surface area contributed by atoms with Gasteiger partial charge in [-0.3, -0.25) is 0 Å². The number of nitrogens with zero attached hydrogens (tertiary/aromatic N) is 1. The van der Waals surface area contributed by atoms with Crippen LogP contribution in [-0.2, 0) is 9.47 Å². The maximum atomic E-state index is 11.8. The Bertz CT molecular complexity index is 250. The molecule has 1 heterocycles. The lowest BCUT2D eigenvalue weighted by Gasteiger charge is -2.36. The molecule has 2 N–H and O–H groups in total. The number of likely N-dealkylation sites (tertiary alicyclic amines) is 1. The fourth-order valence-corrected chi connectivity index (χ4v) is 1.74. The third kappa shape index (κ3) is 3.98. The molecule has 1 fully saturated rings. The number of carbonyl (C=O) groups is 1. The number of piperidine rings is 1. The highest BCUT2D eigenvalue weighted by molar-refractivity contribution is 5.68. The molecule has 1 aliphatic heterocycles. The average Bonchev–Trinajstić information content (AvgIpc) is 2.14. The fourth-order valence-electron chi connectivity index (χ4n) is 1.74. The molecule has 0 spiro atoms. The molecule has 0 aromatic rings. The van der Waals surface area contributed by atoms with Gasteiger partial charge < -0.3 is 20.1 Å². The molecule has 0 aromatic carbocycles. The standard InChI is InChI=1S/C11H22N2O3/c1-11(2,3)16-10(14)13-6-8(12)5-9(7-13)15-4/h8-9H,5-7,12H2,1-4H3/t8-,9+/m0/s1. The Labute approximate surface area is 96.9 Å². The summed E-state index contributed by atoms with van der Waals surface area (Å²) in [6, 6.07) is -0.0359. The van der Waals surface area contributed by atoms with Gasteiger partial charge in [0, 0.05) is 19.7 Å². The summed E-state index contributed by atoms with van der Waals surface area (Å²) in [6.45, 7) is 6.64. The normalized spacial score (nSPS) is 26.7. The largest absolute Gasteiger partial charge is 0.444 e. The number of nitrogens with two attached hydrogens (primary N) is 1. The van der Waals surface area contributed by atoms with Gasteiger partial charge in [0.05, 0.1) is 12.6 Å². The van der Waals surface area contributed by atoms with Crippen LogP contribution in [0.1, 0.15) is 27.2 Å². The summed E-state index contributed by atoms with van der Waals surface area (Å²) in [7, 11) is 1.63. The van der Waals surface area contributed by atoms with Gasteiger partial charge in [-0.25, -0.2) is 4.79 Å². The van der Waals surface area contributed by atoms with Gasteiger partial charge in [0.15, 0.2) is 0 Å². The SMILES string of the molecule is CO[C@@H]1C[C@H](N)CN(C(=O)OC(C)(C)C)C1. The van der Waals surface area contributed by atoms with Crippen LogP contribution in [0.15, 0.2) is 0 Å². The second-order valence-corrected chi connectivity index (χ2v) is 5.24. The zero-order chi connectivity index (χ0) is 12.3. The number of rotatable bonds is 1. The molecule has 1 rings (SSSR count). The monoisotopic (exact) mass is 230 g/mol. The maximum Gasteiger partial charge on any atom is 0.410 e. The van der Waals surface area contributed by atoms with E-state index in [9.17, 15) is 4.79 Å². The molecule has 0 saturated carbocycles. The van der Waals surface area contributed by atoms with Crippen LogP contribution in [0.5, 0.6) is 0 Å². The molecule has 0 aliphatic carbocycles. The summed E-state index contributed by atoms with van der Waals surface area (Å²) in [5, 5.41) is 0. The summed E-state index contributed by atoms with van der Waals surface area (Å²) < 4.78 is 10.5. The molecule has 1 saturated heterocycles. The topological polar surface area (TPSA) is 64.8 Å². The van der Waals surface area contributed by atoms with E-state index in [0.717, 1.165) is 6.42 Å². The van der Waals surface area contributed by atoms with E-state index in [-0.39, 0.29) is 18.2 Å². The highest BCUT2D eigenvalue weighted by Gasteiger charge is 2.30. The highest BCUT2D eigenvalue weighted by atomic mass is 16.6. The van der Waals surface area contributed by atoms with Gasteiger partial charge in [-0.05, 0) is 27.2 Å². The molecule has 94 valence electrons. The van der Waals surface area contributed by atoms with Gasteiger partial charge in [0.2, 0.25) is 0 Å². The van der Waals surface area contributed by atoms with Crippen molar-refractivity contribution in [1.29, 1.82) is 0 Å². The lowest BCUT2D eigenvalue weighted by Crippen LogP contribution is -2.53. The van der Waals surface area contributed by atoms with E-state index in [1.54, 1.807) is 12.0 Å². The van der Waals surface area contributed by atoms with Crippen molar-refractivity contribution in [2.24, 2.45) is 5.73 Å². The van der Waals surface area contributed by atoms with Crippen LogP contribution in [0.2, 0.25) is 0 Å². The molecule has 2 atom stereocenters. The van der Waals surface area contributed by atoms with Crippen LogP contribution in [0.25, 0.3) is 0 Å². The minimum atomic E-state index is -0.471. The summed E-state index contributed by atoms with van der Waals surface area (Å²) in [6.07, 6.45) is 0.483. The summed E-state index contributed by atoms with van der Waals surface area (Å²) >= 11 is 0. The third-order valence-corrected chi connectivity index (χ3v) is 2.43. The van der Waals surface area contributed by atoms with E-state index in [4.69, 9.17) is 15.2 Å². The van der Waals surface area contributed by atoms with Crippen molar-refractivity contribution in [1.82, 2.24) is 4.90 Å². The molecule has 1 amide bonds. The first kappa shape index (κ1) is 13.3. The lowest BCUT2D eigenvalue weighted by atomic mass is 10.0.